The minimum atomic E-state index is -3.77. The molecule has 0 atom stereocenters. The van der Waals surface area contributed by atoms with Crippen molar-refractivity contribution in [3.8, 4) is 0 Å². The summed E-state index contributed by atoms with van der Waals surface area (Å²) in [5, 5.41) is 2.92. The van der Waals surface area contributed by atoms with Gasteiger partial charge in [0.2, 0.25) is 10.0 Å². The number of rotatable bonds is 7. The third-order valence-corrected chi connectivity index (χ3v) is 7.57. The van der Waals surface area contributed by atoms with E-state index in [1.807, 2.05) is 30.3 Å². The fourth-order valence-corrected chi connectivity index (χ4v) is 5.42. The maximum Gasteiger partial charge on any atom is 0.251 e. The zero-order valence-corrected chi connectivity index (χ0v) is 17.5. The van der Waals surface area contributed by atoms with E-state index in [1.54, 1.807) is 11.8 Å². The first-order valence-electron chi connectivity index (χ1n) is 8.82. The summed E-state index contributed by atoms with van der Waals surface area (Å²) in [4.78, 5) is 13.5. The monoisotopic (exact) mass is 440 g/mol. The van der Waals surface area contributed by atoms with E-state index in [4.69, 9.17) is 16.3 Å². The predicted octanol–water partition coefficient (Wildman–Crippen LogP) is 2.88. The lowest BCUT2D eigenvalue weighted by Gasteiger charge is -2.26. The molecule has 3 rings (SSSR count). The fraction of sp³-hybridized carbons (Fsp3) is 0.316. The standard InChI is InChI=1S/C19H21ClN2O4S2/c20-17-7-6-15(14-18(17)28(24,25)22-9-11-26-12-10-22)19(23)21-8-13-27-16-4-2-1-3-5-16/h1-7,14H,8-13H2,(H,21,23). The van der Waals surface area contributed by atoms with Gasteiger partial charge in [-0.2, -0.15) is 4.31 Å². The quantitative estimate of drug-likeness (QED) is 0.529. The second kappa shape index (κ2) is 9.76. The van der Waals surface area contributed by atoms with Gasteiger partial charge in [0.1, 0.15) is 4.90 Å². The van der Waals surface area contributed by atoms with E-state index < -0.39 is 10.0 Å². The summed E-state index contributed by atoms with van der Waals surface area (Å²) in [6.45, 7) is 1.69. The van der Waals surface area contributed by atoms with Crippen LogP contribution in [-0.2, 0) is 14.8 Å². The summed E-state index contributed by atoms with van der Waals surface area (Å²) in [5.41, 5.74) is 0.265. The zero-order chi connectivity index (χ0) is 20.0. The molecule has 2 aromatic rings. The molecular formula is C19H21ClN2O4S2. The van der Waals surface area contributed by atoms with E-state index in [0.29, 0.717) is 25.5 Å². The predicted molar refractivity (Wildman–Crippen MR) is 111 cm³/mol. The van der Waals surface area contributed by atoms with Crippen molar-refractivity contribution in [2.75, 3.05) is 38.6 Å². The molecule has 0 radical (unpaired) electrons. The molecule has 9 heteroatoms. The lowest BCUT2D eigenvalue weighted by atomic mass is 10.2. The molecule has 0 saturated carbocycles. The van der Waals surface area contributed by atoms with Gasteiger partial charge in [0.25, 0.3) is 5.91 Å². The molecule has 0 bridgehead atoms. The average molecular weight is 441 g/mol. The highest BCUT2D eigenvalue weighted by molar-refractivity contribution is 7.99. The molecule has 1 heterocycles. The number of carbonyl (C=O) groups is 1. The van der Waals surface area contributed by atoms with Crippen molar-refractivity contribution in [2.45, 2.75) is 9.79 Å². The lowest BCUT2D eigenvalue weighted by molar-refractivity contribution is 0.0730. The highest BCUT2D eigenvalue weighted by Gasteiger charge is 2.29. The van der Waals surface area contributed by atoms with Gasteiger partial charge in [0.15, 0.2) is 0 Å². The Morgan fingerprint density at radius 2 is 1.86 bits per heavy atom. The normalized spacial score (nSPS) is 15.3. The van der Waals surface area contributed by atoms with Crippen LogP contribution in [0.4, 0.5) is 0 Å². The second-order valence-electron chi connectivity index (χ2n) is 6.08. The first kappa shape index (κ1) is 21.1. The van der Waals surface area contributed by atoms with Gasteiger partial charge in [0.05, 0.1) is 18.2 Å². The van der Waals surface area contributed by atoms with Crippen molar-refractivity contribution < 1.29 is 17.9 Å². The number of thioether (sulfide) groups is 1. The van der Waals surface area contributed by atoms with Crippen molar-refractivity contribution in [3.63, 3.8) is 0 Å². The van der Waals surface area contributed by atoms with E-state index in [1.165, 1.54) is 22.5 Å². The second-order valence-corrected chi connectivity index (χ2v) is 9.56. The molecule has 1 saturated heterocycles. The van der Waals surface area contributed by atoms with Crippen LogP contribution < -0.4 is 5.32 Å². The van der Waals surface area contributed by atoms with Gasteiger partial charge in [-0.1, -0.05) is 29.8 Å². The first-order chi connectivity index (χ1) is 13.5. The van der Waals surface area contributed by atoms with Gasteiger partial charge in [-0.25, -0.2) is 8.42 Å². The van der Waals surface area contributed by atoms with Crippen LogP contribution in [-0.4, -0.2) is 57.2 Å². The number of nitrogens with one attached hydrogen (secondary N) is 1. The Bertz CT molecular complexity index is 917. The van der Waals surface area contributed by atoms with Crippen LogP contribution in [0.5, 0.6) is 0 Å². The minimum absolute atomic E-state index is 0.0534. The topological polar surface area (TPSA) is 75.7 Å². The first-order valence-corrected chi connectivity index (χ1v) is 11.6. The Morgan fingerprint density at radius 1 is 1.14 bits per heavy atom. The van der Waals surface area contributed by atoms with Crippen molar-refractivity contribution in [3.05, 3.63) is 59.1 Å². The number of nitrogens with zero attached hydrogens (tertiary/aromatic N) is 1. The summed E-state index contributed by atoms with van der Waals surface area (Å²) in [6, 6.07) is 14.2. The maximum absolute atomic E-state index is 12.9. The van der Waals surface area contributed by atoms with Crippen LogP contribution in [0.3, 0.4) is 0 Å². The molecule has 0 unspecified atom stereocenters. The van der Waals surface area contributed by atoms with Gasteiger partial charge in [0, 0.05) is 35.8 Å². The molecule has 150 valence electrons. The number of ether oxygens (including phenoxy) is 1. The Morgan fingerprint density at radius 3 is 2.57 bits per heavy atom. The van der Waals surface area contributed by atoms with E-state index in [2.05, 4.69) is 5.32 Å². The van der Waals surface area contributed by atoms with Gasteiger partial charge < -0.3 is 10.1 Å². The van der Waals surface area contributed by atoms with Crippen molar-refractivity contribution in [1.82, 2.24) is 9.62 Å². The van der Waals surface area contributed by atoms with Crippen LogP contribution in [0.15, 0.2) is 58.3 Å². The Hall–Kier alpha value is -1.58. The van der Waals surface area contributed by atoms with Gasteiger partial charge in [-0.15, -0.1) is 11.8 Å². The number of benzene rings is 2. The van der Waals surface area contributed by atoms with E-state index >= 15 is 0 Å². The number of halogens is 1. The smallest absolute Gasteiger partial charge is 0.251 e. The molecule has 6 nitrogen and oxygen atoms in total. The van der Waals surface area contributed by atoms with Crippen LogP contribution in [0, 0.1) is 0 Å². The minimum Gasteiger partial charge on any atom is -0.379 e. The van der Waals surface area contributed by atoms with E-state index in [0.717, 1.165) is 4.90 Å². The van der Waals surface area contributed by atoms with Crippen LogP contribution in [0.1, 0.15) is 10.4 Å². The molecule has 0 spiro atoms. The number of amides is 1. The van der Waals surface area contributed by atoms with Gasteiger partial charge >= 0.3 is 0 Å². The van der Waals surface area contributed by atoms with Crippen LogP contribution >= 0.6 is 23.4 Å². The summed E-state index contributed by atoms with van der Waals surface area (Å²) < 4.78 is 32.2. The number of morpholine rings is 1. The number of carbonyl (C=O) groups excluding carboxylic acids is 1. The molecule has 1 fully saturated rings. The molecule has 1 N–H and O–H groups in total. The summed E-state index contributed by atoms with van der Waals surface area (Å²) in [7, 11) is -3.77. The molecule has 1 aliphatic heterocycles. The number of sulfonamides is 1. The highest BCUT2D eigenvalue weighted by Crippen LogP contribution is 2.26. The van der Waals surface area contributed by atoms with Gasteiger partial charge in [-0.05, 0) is 30.3 Å². The zero-order valence-electron chi connectivity index (χ0n) is 15.1. The number of hydrogen-bond donors (Lipinski definition) is 1. The van der Waals surface area contributed by atoms with Crippen molar-refractivity contribution >= 4 is 39.3 Å². The fourth-order valence-electron chi connectivity index (χ4n) is 2.72. The average Bonchev–Trinajstić information content (AvgIpc) is 2.72. The molecule has 0 aromatic heterocycles. The third kappa shape index (κ3) is 5.27. The molecule has 1 amide bonds. The Balaban J connectivity index is 1.64. The highest BCUT2D eigenvalue weighted by atomic mass is 35.5. The Kier molecular flexibility index (Phi) is 7.36. The largest absolute Gasteiger partial charge is 0.379 e. The molecular weight excluding hydrogens is 420 g/mol. The maximum atomic E-state index is 12.9. The molecule has 1 aliphatic rings. The van der Waals surface area contributed by atoms with Crippen molar-refractivity contribution in [1.29, 1.82) is 0 Å². The lowest BCUT2D eigenvalue weighted by Crippen LogP contribution is -2.40. The molecule has 0 aliphatic carbocycles. The Labute approximate surface area is 174 Å². The molecule has 2 aromatic carbocycles. The summed E-state index contributed by atoms with van der Waals surface area (Å²) >= 11 is 7.76. The SMILES string of the molecule is O=C(NCCSc1ccccc1)c1ccc(Cl)c(S(=O)(=O)N2CCOCC2)c1. The van der Waals surface area contributed by atoms with Crippen molar-refractivity contribution in [2.24, 2.45) is 0 Å². The van der Waals surface area contributed by atoms with E-state index in [-0.39, 0.29) is 34.5 Å². The summed E-state index contributed by atoms with van der Waals surface area (Å²) in [5.74, 6) is 0.381. The van der Waals surface area contributed by atoms with E-state index in [9.17, 15) is 13.2 Å². The summed E-state index contributed by atoms with van der Waals surface area (Å²) in [6.07, 6.45) is 0. The third-order valence-electron chi connectivity index (χ3n) is 4.18. The van der Waals surface area contributed by atoms with Gasteiger partial charge in [-0.3, -0.25) is 4.79 Å². The van der Waals surface area contributed by atoms with Crippen LogP contribution in [0.2, 0.25) is 5.02 Å². The van der Waals surface area contributed by atoms with Crippen LogP contribution in [0.25, 0.3) is 0 Å². The number of hydrogen-bond acceptors (Lipinski definition) is 5. The molecule has 28 heavy (non-hydrogen) atoms.